The summed E-state index contributed by atoms with van der Waals surface area (Å²) in [6.45, 7) is 8.95. The first-order valence-electron chi connectivity index (χ1n) is 14.7. The average molecular weight is 580 g/mol. The Labute approximate surface area is 245 Å². The molecule has 0 unspecified atom stereocenters. The lowest BCUT2D eigenvalue weighted by atomic mass is 9.90. The highest BCUT2D eigenvalue weighted by Gasteiger charge is 2.33. The van der Waals surface area contributed by atoms with Crippen molar-refractivity contribution in [1.29, 1.82) is 0 Å². The summed E-state index contributed by atoms with van der Waals surface area (Å²) < 4.78 is 35.6. The Morgan fingerprint density at radius 1 is 0.976 bits per heavy atom. The number of nitrogens with one attached hydrogen (secondary N) is 1. The number of nitrogens with zero attached hydrogens (tertiary/aromatic N) is 4. The molecule has 1 aromatic heterocycles. The Morgan fingerprint density at radius 2 is 1.67 bits per heavy atom. The lowest BCUT2D eigenvalue weighted by Gasteiger charge is -2.34. The van der Waals surface area contributed by atoms with Crippen molar-refractivity contribution in [3.63, 3.8) is 0 Å². The highest BCUT2D eigenvalue weighted by atomic mass is 19.1. The van der Waals surface area contributed by atoms with Crippen molar-refractivity contribution in [3.8, 4) is 5.69 Å². The van der Waals surface area contributed by atoms with Gasteiger partial charge in [0.2, 0.25) is 0 Å². The van der Waals surface area contributed by atoms with Crippen molar-refractivity contribution in [2.24, 2.45) is 0 Å². The lowest BCUT2D eigenvalue weighted by molar-refractivity contribution is 0.0203. The molecular formula is C32H39F2N5O3. The van der Waals surface area contributed by atoms with Gasteiger partial charge in [-0.3, -0.25) is 9.69 Å². The maximum absolute atomic E-state index is 14.9. The first-order valence-corrected chi connectivity index (χ1v) is 14.7. The monoisotopic (exact) mass is 579 g/mol. The molecule has 224 valence electrons. The lowest BCUT2D eigenvalue weighted by Crippen LogP contribution is -2.44. The second kappa shape index (κ2) is 12.6. The number of hydrogen-bond donors (Lipinski definition) is 1. The van der Waals surface area contributed by atoms with E-state index in [1.165, 1.54) is 28.6 Å². The van der Waals surface area contributed by atoms with Crippen LogP contribution in [0.3, 0.4) is 0 Å². The van der Waals surface area contributed by atoms with Gasteiger partial charge in [-0.2, -0.15) is 5.10 Å². The highest BCUT2D eigenvalue weighted by molar-refractivity contribution is 5.95. The summed E-state index contributed by atoms with van der Waals surface area (Å²) in [6, 6.07) is 13.7. The van der Waals surface area contributed by atoms with E-state index in [0.717, 1.165) is 38.5 Å². The quantitative estimate of drug-likeness (QED) is 0.408. The van der Waals surface area contributed by atoms with Gasteiger partial charge in [-0.05, 0) is 64.2 Å². The minimum atomic E-state index is -0.761. The molecule has 0 bridgehead atoms. The van der Waals surface area contributed by atoms with E-state index in [0.29, 0.717) is 37.2 Å². The third kappa shape index (κ3) is 7.15. The van der Waals surface area contributed by atoms with Crippen molar-refractivity contribution in [1.82, 2.24) is 24.9 Å². The van der Waals surface area contributed by atoms with Crippen molar-refractivity contribution in [2.45, 2.75) is 70.6 Å². The van der Waals surface area contributed by atoms with Gasteiger partial charge < -0.3 is 15.0 Å². The largest absolute Gasteiger partial charge is 0.444 e. The summed E-state index contributed by atoms with van der Waals surface area (Å²) in [7, 11) is 0. The molecule has 2 saturated heterocycles. The fraction of sp³-hybridized carbons (Fsp3) is 0.469. The fourth-order valence-corrected chi connectivity index (χ4v) is 5.77. The number of piperidine rings is 2. The van der Waals surface area contributed by atoms with Gasteiger partial charge in [0.25, 0.3) is 5.91 Å². The summed E-state index contributed by atoms with van der Waals surface area (Å²) >= 11 is 0. The molecule has 0 saturated carbocycles. The summed E-state index contributed by atoms with van der Waals surface area (Å²) in [5.74, 6) is -1.87. The zero-order chi connectivity index (χ0) is 29.9. The second-order valence-corrected chi connectivity index (χ2v) is 12.2. The number of carbonyl (C=O) groups is 2. The molecule has 42 heavy (non-hydrogen) atoms. The number of hydrogen-bond acceptors (Lipinski definition) is 5. The van der Waals surface area contributed by atoms with E-state index in [-0.39, 0.29) is 29.6 Å². The summed E-state index contributed by atoms with van der Waals surface area (Å²) in [5.41, 5.74) is 1.69. The van der Waals surface area contributed by atoms with Crippen LogP contribution in [0.4, 0.5) is 13.6 Å². The van der Waals surface area contributed by atoms with E-state index in [1.807, 2.05) is 39.0 Å². The van der Waals surface area contributed by atoms with Crippen LogP contribution in [0.5, 0.6) is 0 Å². The smallest absolute Gasteiger partial charge is 0.410 e. The van der Waals surface area contributed by atoms with Crippen LogP contribution in [0.2, 0.25) is 0 Å². The zero-order valence-corrected chi connectivity index (χ0v) is 24.5. The predicted molar refractivity (Wildman–Crippen MR) is 155 cm³/mol. The Hall–Kier alpha value is -3.79. The minimum absolute atomic E-state index is 0.0114. The van der Waals surface area contributed by atoms with Gasteiger partial charge in [-0.15, -0.1) is 0 Å². The van der Waals surface area contributed by atoms with E-state index in [4.69, 9.17) is 4.74 Å². The molecule has 2 aliphatic rings. The molecule has 0 radical (unpaired) electrons. The van der Waals surface area contributed by atoms with Crippen molar-refractivity contribution < 1.29 is 23.1 Å². The number of carbonyl (C=O) groups excluding carboxylic acids is 2. The van der Waals surface area contributed by atoms with Crippen LogP contribution in [0.25, 0.3) is 5.69 Å². The fourth-order valence-electron chi connectivity index (χ4n) is 5.77. The van der Waals surface area contributed by atoms with Crippen LogP contribution in [-0.2, 0) is 11.3 Å². The number of likely N-dealkylation sites (tertiary alicyclic amines) is 2. The maximum Gasteiger partial charge on any atom is 0.410 e. The van der Waals surface area contributed by atoms with Gasteiger partial charge in [0.1, 0.15) is 17.1 Å². The van der Waals surface area contributed by atoms with E-state index >= 15 is 0 Å². The molecule has 2 fully saturated rings. The molecule has 5 rings (SSSR count). The Morgan fingerprint density at radius 3 is 2.31 bits per heavy atom. The van der Waals surface area contributed by atoms with Gasteiger partial charge in [-0.25, -0.2) is 18.3 Å². The van der Waals surface area contributed by atoms with Crippen LogP contribution < -0.4 is 5.32 Å². The number of benzene rings is 2. The number of ether oxygens (including phenoxy) is 1. The van der Waals surface area contributed by atoms with Gasteiger partial charge >= 0.3 is 6.09 Å². The minimum Gasteiger partial charge on any atom is -0.444 e. The van der Waals surface area contributed by atoms with E-state index in [2.05, 4.69) is 27.4 Å². The molecule has 2 aliphatic heterocycles. The van der Waals surface area contributed by atoms with Gasteiger partial charge in [0.15, 0.2) is 5.82 Å². The zero-order valence-electron chi connectivity index (χ0n) is 24.5. The van der Waals surface area contributed by atoms with Gasteiger partial charge in [0, 0.05) is 50.7 Å². The number of halogens is 2. The van der Waals surface area contributed by atoms with Gasteiger partial charge in [-0.1, -0.05) is 30.3 Å². The van der Waals surface area contributed by atoms with E-state index < -0.39 is 17.2 Å². The third-order valence-electron chi connectivity index (χ3n) is 7.89. The third-order valence-corrected chi connectivity index (χ3v) is 7.89. The molecular weight excluding hydrogens is 540 g/mol. The molecule has 0 atom stereocenters. The van der Waals surface area contributed by atoms with Crippen LogP contribution in [0.15, 0.2) is 54.7 Å². The Kier molecular flexibility index (Phi) is 8.91. The number of rotatable bonds is 6. The van der Waals surface area contributed by atoms with E-state index in [1.54, 1.807) is 4.90 Å². The Balaban J connectivity index is 1.31. The van der Waals surface area contributed by atoms with Crippen molar-refractivity contribution in [3.05, 3.63) is 83.2 Å². The maximum atomic E-state index is 14.9. The Bertz CT molecular complexity index is 1390. The van der Waals surface area contributed by atoms with Crippen molar-refractivity contribution in [2.75, 3.05) is 26.2 Å². The second-order valence-electron chi connectivity index (χ2n) is 12.2. The standard InChI is InChI=1S/C32H39F2N5O3/c1-32(2,3)42-31(41)38-17-11-23(12-18-38)29-26(20-35-39(29)28-10-9-24(33)19-27(28)34)30(40)36-25-13-15-37(16-14-25)21-22-7-5-4-6-8-22/h4-10,19-20,23,25H,11-18,21H2,1-3H3,(H,36,40). The van der Waals surface area contributed by atoms with Crippen LogP contribution in [-0.4, -0.2) is 69.4 Å². The molecule has 10 heteroatoms. The topological polar surface area (TPSA) is 79.7 Å². The molecule has 0 spiro atoms. The van der Waals surface area contributed by atoms with E-state index in [9.17, 15) is 18.4 Å². The molecule has 2 aromatic carbocycles. The molecule has 0 aliphatic carbocycles. The first-order chi connectivity index (χ1) is 20.1. The van der Waals surface area contributed by atoms with Crippen LogP contribution >= 0.6 is 0 Å². The molecule has 1 N–H and O–H groups in total. The number of amides is 2. The summed E-state index contributed by atoms with van der Waals surface area (Å²) in [4.78, 5) is 30.3. The predicted octanol–water partition coefficient (Wildman–Crippen LogP) is 5.66. The van der Waals surface area contributed by atoms with Crippen LogP contribution in [0, 0.1) is 11.6 Å². The summed E-state index contributed by atoms with van der Waals surface area (Å²) in [5, 5.41) is 7.59. The van der Waals surface area contributed by atoms with Crippen molar-refractivity contribution >= 4 is 12.0 Å². The SMILES string of the molecule is CC(C)(C)OC(=O)N1CCC(c2c(C(=O)NC3CCN(Cc4ccccc4)CC3)cnn2-c2ccc(F)cc2F)CC1. The molecule has 8 nitrogen and oxygen atoms in total. The van der Waals surface area contributed by atoms with Gasteiger partial charge in [0.05, 0.1) is 17.5 Å². The number of aromatic nitrogens is 2. The summed E-state index contributed by atoms with van der Waals surface area (Å²) in [6.07, 6.45) is 3.83. The highest BCUT2D eigenvalue weighted by Crippen LogP contribution is 2.33. The first kappa shape index (κ1) is 29.7. The molecule has 3 aromatic rings. The normalized spacial score (nSPS) is 17.3. The van der Waals surface area contributed by atoms with Crippen LogP contribution in [0.1, 0.15) is 74.0 Å². The molecule has 2 amide bonds. The molecule has 3 heterocycles. The average Bonchev–Trinajstić information content (AvgIpc) is 3.39.